The number of halogens is 1. The van der Waals surface area contributed by atoms with Gasteiger partial charge in [-0.25, -0.2) is 14.4 Å². The van der Waals surface area contributed by atoms with Crippen molar-refractivity contribution >= 4 is 5.82 Å². The van der Waals surface area contributed by atoms with Crippen molar-refractivity contribution in [1.82, 2.24) is 20.2 Å². The molecule has 0 amide bonds. The highest BCUT2D eigenvalue weighted by molar-refractivity contribution is 5.38. The second-order valence-electron chi connectivity index (χ2n) is 4.91. The molecule has 0 saturated carbocycles. The molecule has 1 aliphatic heterocycles. The third-order valence-corrected chi connectivity index (χ3v) is 3.57. The van der Waals surface area contributed by atoms with Crippen LogP contribution in [-0.4, -0.2) is 38.4 Å². The summed E-state index contributed by atoms with van der Waals surface area (Å²) in [6, 6.07) is 1.51. The van der Waals surface area contributed by atoms with Crippen LogP contribution in [0.3, 0.4) is 0 Å². The lowest BCUT2D eigenvalue weighted by Gasteiger charge is -2.17. The summed E-state index contributed by atoms with van der Waals surface area (Å²) < 4.78 is 18.9. The van der Waals surface area contributed by atoms with Crippen molar-refractivity contribution in [2.45, 2.75) is 19.1 Å². The first-order valence-corrected chi connectivity index (χ1v) is 6.74. The fraction of sp³-hybridized carbons (Fsp3) is 0.462. The van der Waals surface area contributed by atoms with Crippen LogP contribution in [0.2, 0.25) is 0 Å². The molecule has 21 heavy (non-hydrogen) atoms. The van der Waals surface area contributed by atoms with Crippen molar-refractivity contribution < 1.29 is 14.2 Å². The van der Waals surface area contributed by atoms with Gasteiger partial charge in [-0.05, 0) is 12.5 Å². The molecule has 7 nitrogen and oxygen atoms in total. The van der Waals surface area contributed by atoms with Gasteiger partial charge in [-0.15, -0.1) is 0 Å². The van der Waals surface area contributed by atoms with Crippen LogP contribution in [0.25, 0.3) is 0 Å². The van der Waals surface area contributed by atoms with Crippen molar-refractivity contribution in [2.24, 2.45) is 5.92 Å². The monoisotopic (exact) mass is 293 g/mol. The van der Waals surface area contributed by atoms with Gasteiger partial charge in [0, 0.05) is 24.6 Å². The van der Waals surface area contributed by atoms with Gasteiger partial charge in [-0.3, -0.25) is 5.10 Å². The van der Waals surface area contributed by atoms with Crippen LogP contribution >= 0.6 is 0 Å². The molecule has 1 fully saturated rings. The van der Waals surface area contributed by atoms with Crippen LogP contribution in [0.5, 0.6) is 0 Å². The van der Waals surface area contributed by atoms with E-state index in [9.17, 15) is 4.39 Å². The van der Waals surface area contributed by atoms with Crippen molar-refractivity contribution in [3.8, 4) is 0 Å². The Kier molecular flexibility index (Phi) is 4.07. The molecule has 3 rings (SSSR count). The van der Waals surface area contributed by atoms with Gasteiger partial charge in [-0.1, -0.05) is 0 Å². The topological polar surface area (TPSA) is 96.0 Å². The van der Waals surface area contributed by atoms with Gasteiger partial charge in [0.15, 0.2) is 5.82 Å². The number of aliphatic hydroxyl groups is 1. The first-order valence-electron chi connectivity index (χ1n) is 6.74. The highest BCUT2D eigenvalue weighted by Gasteiger charge is 2.31. The molecular formula is C13H16FN5O2. The second-order valence-corrected chi connectivity index (χ2v) is 4.91. The summed E-state index contributed by atoms with van der Waals surface area (Å²) in [5.41, 5.74) is 0.224. The number of nitrogens with one attached hydrogen (secondary N) is 2. The molecule has 0 bridgehead atoms. The highest BCUT2D eigenvalue weighted by atomic mass is 19.1. The summed E-state index contributed by atoms with van der Waals surface area (Å²) in [6.45, 7) is 0.932. The van der Waals surface area contributed by atoms with Crippen LogP contribution in [0, 0.1) is 11.7 Å². The van der Waals surface area contributed by atoms with Crippen molar-refractivity contribution in [2.75, 3.05) is 18.5 Å². The van der Waals surface area contributed by atoms with Crippen LogP contribution in [0.1, 0.15) is 23.9 Å². The molecule has 2 aromatic heterocycles. The van der Waals surface area contributed by atoms with Crippen LogP contribution in [0.4, 0.5) is 10.2 Å². The maximum Gasteiger partial charge on any atom is 0.153 e. The zero-order valence-electron chi connectivity index (χ0n) is 11.3. The summed E-state index contributed by atoms with van der Waals surface area (Å²) in [5.74, 6) is 0.959. The number of pyridine rings is 1. The standard InChI is InChI=1S/C13H16FN5O2/c14-10-5-16-11(3-9(10)6-20)15-4-8-1-2-21-12(8)13-17-7-18-19-13/h3,5,7-8,12,20H,1-2,4,6H2,(H,15,16)(H,17,18,19)/t8-,12-/m0/s1. The minimum atomic E-state index is -0.508. The lowest BCUT2D eigenvalue weighted by Crippen LogP contribution is -2.19. The lowest BCUT2D eigenvalue weighted by molar-refractivity contribution is 0.0864. The predicted octanol–water partition coefficient (Wildman–Crippen LogP) is 1.02. The summed E-state index contributed by atoms with van der Waals surface area (Å²) in [4.78, 5) is 8.09. The Hall–Kier alpha value is -2.06. The number of hydrogen-bond acceptors (Lipinski definition) is 6. The van der Waals surface area contributed by atoms with Crippen molar-refractivity contribution in [1.29, 1.82) is 0 Å². The van der Waals surface area contributed by atoms with Gasteiger partial charge in [0.2, 0.25) is 0 Å². The van der Waals surface area contributed by atoms with Gasteiger partial charge < -0.3 is 15.2 Å². The third-order valence-electron chi connectivity index (χ3n) is 3.57. The first kappa shape index (κ1) is 13.9. The summed E-state index contributed by atoms with van der Waals surface area (Å²) in [5, 5.41) is 18.9. The van der Waals surface area contributed by atoms with Gasteiger partial charge in [0.05, 0.1) is 12.8 Å². The lowest BCUT2D eigenvalue weighted by atomic mass is 10.0. The van der Waals surface area contributed by atoms with Crippen molar-refractivity contribution in [3.63, 3.8) is 0 Å². The smallest absolute Gasteiger partial charge is 0.153 e. The van der Waals surface area contributed by atoms with E-state index < -0.39 is 5.82 Å². The summed E-state index contributed by atoms with van der Waals surface area (Å²) >= 11 is 0. The SMILES string of the molecule is OCc1cc(NC[C@@H]2CCO[C@@H]2c2ncn[nH]2)ncc1F. The van der Waals surface area contributed by atoms with E-state index in [0.717, 1.165) is 12.6 Å². The fourth-order valence-electron chi connectivity index (χ4n) is 2.43. The molecule has 2 aromatic rings. The number of hydrogen-bond donors (Lipinski definition) is 3. The molecule has 3 N–H and O–H groups in total. The van der Waals surface area contributed by atoms with Gasteiger partial charge >= 0.3 is 0 Å². The Morgan fingerprint density at radius 2 is 2.38 bits per heavy atom. The molecule has 3 heterocycles. The normalized spacial score (nSPS) is 21.6. The number of aromatic amines is 1. The minimum Gasteiger partial charge on any atom is -0.392 e. The average molecular weight is 293 g/mol. The zero-order valence-corrected chi connectivity index (χ0v) is 11.3. The largest absolute Gasteiger partial charge is 0.392 e. The van der Waals surface area contributed by atoms with Crippen molar-refractivity contribution in [3.05, 3.63) is 35.8 Å². The van der Waals surface area contributed by atoms with Gasteiger partial charge in [0.25, 0.3) is 0 Å². The molecule has 0 radical (unpaired) electrons. The molecule has 0 spiro atoms. The van der Waals surface area contributed by atoms with Crippen LogP contribution in [-0.2, 0) is 11.3 Å². The Bertz CT molecular complexity index is 592. The highest BCUT2D eigenvalue weighted by Crippen LogP contribution is 2.32. The number of ether oxygens (including phenoxy) is 1. The Balaban J connectivity index is 1.64. The maximum atomic E-state index is 13.3. The zero-order chi connectivity index (χ0) is 14.7. The van der Waals surface area contributed by atoms with E-state index >= 15 is 0 Å². The molecule has 2 atom stereocenters. The molecule has 0 aliphatic carbocycles. The molecule has 1 saturated heterocycles. The molecular weight excluding hydrogens is 277 g/mol. The first-order chi connectivity index (χ1) is 10.3. The molecule has 8 heteroatoms. The van der Waals surface area contributed by atoms with E-state index in [2.05, 4.69) is 25.5 Å². The van der Waals surface area contributed by atoms with E-state index in [4.69, 9.17) is 9.84 Å². The maximum absolute atomic E-state index is 13.3. The van der Waals surface area contributed by atoms with E-state index in [0.29, 0.717) is 24.8 Å². The molecule has 112 valence electrons. The summed E-state index contributed by atoms with van der Waals surface area (Å²) in [7, 11) is 0. The van der Waals surface area contributed by atoms with E-state index in [1.165, 1.54) is 12.4 Å². The van der Waals surface area contributed by atoms with Gasteiger partial charge in [0.1, 0.15) is 24.1 Å². The average Bonchev–Trinajstić information content (AvgIpc) is 3.17. The number of aliphatic hydroxyl groups excluding tert-OH is 1. The Morgan fingerprint density at radius 3 is 3.14 bits per heavy atom. The van der Waals surface area contributed by atoms with Gasteiger partial charge in [-0.2, -0.15) is 5.10 Å². The third kappa shape index (κ3) is 3.01. The molecule has 0 aromatic carbocycles. The Morgan fingerprint density at radius 1 is 1.48 bits per heavy atom. The second kappa shape index (κ2) is 6.15. The number of H-pyrrole nitrogens is 1. The molecule has 1 aliphatic rings. The number of aromatic nitrogens is 4. The summed E-state index contributed by atoms with van der Waals surface area (Å²) in [6.07, 6.45) is 3.33. The quantitative estimate of drug-likeness (QED) is 0.761. The molecule has 0 unspecified atom stereocenters. The van der Waals surface area contributed by atoms with Crippen LogP contribution < -0.4 is 5.32 Å². The number of anilines is 1. The van der Waals surface area contributed by atoms with E-state index in [-0.39, 0.29) is 24.2 Å². The van der Waals surface area contributed by atoms with Crippen LogP contribution in [0.15, 0.2) is 18.6 Å². The van der Waals surface area contributed by atoms with E-state index in [1.807, 2.05) is 0 Å². The number of nitrogens with zero attached hydrogens (tertiary/aromatic N) is 3. The number of rotatable bonds is 5. The minimum absolute atomic E-state index is 0.127. The fourth-order valence-corrected chi connectivity index (χ4v) is 2.43. The predicted molar refractivity (Wildman–Crippen MR) is 71.8 cm³/mol. The Labute approximate surface area is 120 Å². The van der Waals surface area contributed by atoms with E-state index in [1.54, 1.807) is 0 Å².